The van der Waals surface area contributed by atoms with Gasteiger partial charge in [0.1, 0.15) is 5.52 Å². The van der Waals surface area contributed by atoms with Crippen molar-refractivity contribution in [3.05, 3.63) is 54.6 Å². The normalized spacial score (nSPS) is 12.6. The molecule has 0 atom stereocenters. The largest absolute Gasteiger partial charge is 0.573 e. The smallest absolute Gasteiger partial charge is 0.403 e. The summed E-state index contributed by atoms with van der Waals surface area (Å²) in [5, 5.41) is 6.90. The third-order valence-electron chi connectivity index (χ3n) is 3.93. The maximum Gasteiger partial charge on any atom is 0.573 e. The Kier molecular flexibility index (Phi) is 3.91. The summed E-state index contributed by atoms with van der Waals surface area (Å²) in [5.41, 5.74) is 0.600. The first kappa shape index (κ1) is 18.0. The molecule has 0 aliphatic rings. The highest BCUT2D eigenvalue weighted by Gasteiger charge is 2.37. The second kappa shape index (κ2) is 6.08. The standard InChI is InChI=1S/C17H8F6N4O/c18-16(19,20)15-26-25-13-6-3-9(8-27(13)15)10-4-5-12(28-17(21,22)23)14-11(10)2-1-7-24-14/h1-8H. The van der Waals surface area contributed by atoms with E-state index in [0.29, 0.717) is 11.1 Å². The Morgan fingerprint density at radius 2 is 1.68 bits per heavy atom. The van der Waals surface area contributed by atoms with E-state index in [-0.39, 0.29) is 16.6 Å². The lowest BCUT2D eigenvalue weighted by atomic mass is 10.0. The Labute approximate surface area is 152 Å². The molecule has 0 spiro atoms. The molecule has 4 rings (SSSR count). The molecule has 0 aliphatic carbocycles. The molecule has 0 radical (unpaired) electrons. The quantitative estimate of drug-likeness (QED) is 0.453. The minimum absolute atomic E-state index is 0.0180. The molecule has 0 unspecified atom stereocenters. The van der Waals surface area contributed by atoms with E-state index < -0.39 is 24.1 Å². The zero-order chi connectivity index (χ0) is 20.1. The fourth-order valence-corrected chi connectivity index (χ4v) is 2.85. The number of benzene rings is 1. The maximum atomic E-state index is 13.1. The van der Waals surface area contributed by atoms with Crippen molar-refractivity contribution in [1.29, 1.82) is 0 Å². The summed E-state index contributed by atoms with van der Waals surface area (Å²) >= 11 is 0. The molecule has 0 fully saturated rings. The van der Waals surface area contributed by atoms with E-state index >= 15 is 0 Å². The van der Waals surface area contributed by atoms with Gasteiger partial charge in [0.15, 0.2) is 11.4 Å². The van der Waals surface area contributed by atoms with Crippen LogP contribution in [0.15, 0.2) is 48.8 Å². The van der Waals surface area contributed by atoms with Crippen molar-refractivity contribution < 1.29 is 31.1 Å². The summed E-state index contributed by atoms with van der Waals surface area (Å²) in [6, 6.07) is 8.22. The number of fused-ring (bicyclic) bond motifs is 2. The molecule has 5 nitrogen and oxygen atoms in total. The lowest BCUT2D eigenvalue weighted by molar-refractivity contribution is -0.274. The predicted molar refractivity (Wildman–Crippen MR) is 85.4 cm³/mol. The Morgan fingerprint density at radius 3 is 2.39 bits per heavy atom. The molecule has 0 N–H and O–H groups in total. The van der Waals surface area contributed by atoms with Gasteiger partial charge in [0.2, 0.25) is 5.82 Å². The number of pyridine rings is 2. The van der Waals surface area contributed by atoms with Gasteiger partial charge in [0, 0.05) is 17.8 Å². The van der Waals surface area contributed by atoms with Gasteiger partial charge in [0.05, 0.1) is 0 Å². The van der Waals surface area contributed by atoms with Crippen LogP contribution in [0.25, 0.3) is 27.7 Å². The number of aromatic nitrogens is 4. The summed E-state index contributed by atoms with van der Waals surface area (Å²) in [5.74, 6) is -1.71. The number of hydrogen-bond acceptors (Lipinski definition) is 4. The molecular weight excluding hydrogens is 390 g/mol. The van der Waals surface area contributed by atoms with Crippen molar-refractivity contribution in [2.75, 3.05) is 0 Å². The Balaban J connectivity index is 1.91. The zero-order valence-electron chi connectivity index (χ0n) is 13.6. The van der Waals surface area contributed by atoms with Gasteiger partial charge in [-0.2, -0.15) is 13.2 Å². The third-order valence-corrected chi connectivity index (χ3v) is 3.93. The van der Waals surface area contributed by atoms with Gasteiger partial charge in [0.25, 0.3) is 0 Å². The fourth-order valence-electron chi connectivity index (χ4n) is 2.85. The minimum atomic E-state index is -4.91. The predicted octanol–water partition coefficient (Wildman–Crippen LogP) is 4.86. The summed E-state index contributed by atoms with van der Waals surface area (Å²) in [7, 11) is 0. The molecule has 1 aromatic carbocycles. The van der Waals surface area contributed by atoms with Gasteiger partial charge in [-0.1, -0.05) is 6.07 Å². The van der Waals surface area contributed by atoms with Crippen LogP contribution in [0.2, 0.25) is 0 Å². The van der Waals surface area contributed by atoms with Crippen LogP contribution in [0.1, 0.15) is 5.82 Å². The van der Waals surface area contributed by atoms with Crippen LogP contribution in [0.3, 0.4) is 0 Å². The van der Waals surface area contributed by atoms with Crippen molar-refractivity contribution in [2.24, 2.45) is 0 Å². The van der Waals surface area contributed by atoms with Crippen molar-refractivity contribution in [1.82, 2.24) is 19.6 Å². The van der Waals surface area contributed by atoms with Crippen LogP contribution in [0.5, 0.6) is 5.75 Å². The third kappa shape index (κ3) is 3.19. The molecule has 28 heavy (non-hydrogen) atoms. The van der Waals surface area contributed by atoms with E-state index in [9.17, 15) is 26.3 Å². The lowest BCUT2D eigenvalue weighted by Crippen LogP contribution is -2.17. The molecule has 3 aromatic heterocycles. The first-order valence-electron chi connectivity index (χ1n) is 7.69. The molecule has 0 aliphatic heterocycles. The highest BCUT2D eigenvalue weighted by Crippen LogP contribution is 2.36. The van der Waals surface area contributed by atoms with E-state index in [0.717, 1.165) is 10.5 Å². The van der Waals surface area contributed by atoms with Crippen LogP contribution in [0.4, 0.5) is 26.3 Å². The topological polar surface area (TPSA) is 52.3 Å². The average Bonchev–Trinajstić information content (AvgIpc) is 3.04. The van der Waals surface area contributed by atoms with Gasteiger partial charge in [-0.15, -0.1) is 23.4 Å². The fraction of sp³-hybridized carbons (Fsp3) is 0.118. The summed E-state index contributed by atoms with van der Waals surface area (Å²) in [6.07, 6.45) is -7.16. The molecule has 3 heterocycles. The van der Waals surface area contributed by atoms with Gasteiger partial charge < -0.3 is 4.74 Å². The van der Waals surface area contributed by atoms with Gasteiger partial charge in [-0.3, -0.25) is 9.38 Å². The van der Waals surface area contributed by atoms with E-state index in [2.05, 4.69) is 19.9 Å². The highest BCUT2D eigenvalue weighted by molar-refractivity contribution is 5.97. The van der Waals surface area contributed by atoms with Gasteiger partial charge >= 0.3 is 12.5 Å². The first-order valence-corrected chi connectivity index (χ1v) is 7.69. The highest BCUT2D eigenvalue weighted by atomic mass is 19.4. The van der Waals surface area contributed by atoms with E-state index in [1.165, 1.54) is 42.7 Å². The van der Waals surface area contributed by atoms with Crippen molar-refractivity contribution >= 4 is 16.6 Å². The molecule has 11 heteroatoms. The van der Waals surface area contributed by atoms with E-state index in [1.54, 1.807) is 0 Å². The second-order valence-electron chi connectivity index (χ2n) is 5.73. The summed E-state index contributed by atoms with van der Waals surface area (Å²) in [6.45, 7) is 0. The molecule has 0 amide bonds. The molecule has 0 saturated carbocycles. The van der Waals surface area contributed by atoms with Crippen molar-refractivity contribution in [2.45, 2.75) is 12.5 Å². The number of alkyl halides is 6. The van der Waals surface area contributed by atoms with Gasteiger partial charge in [-0.25, -0.2) is 0 Å². The number of ether oxygens (including phenoxy) is 1. The molecule has 144 valence electrons. The van der Waals surface area contributed by atoms with Crippen LogP contribution in [-0.4, -0.2) is 25.9 Å². The summed E-state index contributed by atoms with van der Waals surface area (Å²) in [4.78, 5) is 3.92. The monoisotopic (exact) mass is 398 g/mol. The number of halogens is 6. The molecular formula is C17H8F6N4O. The van der Waals surface area contributed by atoms with Crippen LogP contribution in [-0.2, 0) is 6.18 Å². The SMILES string of the molecule is FC(F)(F)Oc1ccc(-c2ccc3nnc(C(F)(F)F)n3c2)c2cccnc12. The van der Waals surface area contributed by atoms with Gasteiger partial charge in [-0.05, 0) is 41.5 Å². The van der Waals surface area contributed by atoms with E-state index in [4.69, 9.17) is 0 Å². The molecule has 0 saturated heterocycles. The number of nitrogens with zero attached hydrogens (tertiary/aromatic N) is 4. The van der Waals surface area contributed by atoms with Crippen molar-refractivity contribution in [3.8, 4) is 16.9 Å². The average molecular weight is 398 g/mol. The van der Waals surface area contributed by atoms with Crippen LogP contribution < -0.4 is 4.74 Å². The zero-order valence-corrected chi connectivity index (χ0v) is 13.6. The second-order valence-corrected chi connectivity index (χ2v) is 5.73. The lowest BCUT2D eigenvalue weighted by Gasteiger charge is -2.13. The maximum absolute atomic E-state index is 13.1. The summed E-state index contributed by atoms with van der Waals surface area (Å²) < 4.78 is 81.9. The van der Waals surface area contributed by atoms with Crippen molar-refractivity contribution in [3.63, 3.8) is 0 Å². The minimum Gasteiger partial charge on any atom is -0.403 e. The van der Waals surface area contributed by atoms with Crippen LogP contribution in [0, 0.1) is 0 Å². The number of rotatable bonds is 2. The molecule has 4 aromatic rings. The Hall–Kier alpha value is -3.37. The molecule has 0 bridgehead atoms. The van der Waals surface area contributed by atoms with E-state index in [1.807, 2.05) is 0 Å². The van der Waals surface area contributed by atoms with Crippen LogP contribution >= 0.6 is 0 Å². The Bertz CT molecular complexity index is 1180. The Morgan fingerprint density at radius 1 is 0.893 bits per heavy atom. The number of hydrogen-bond donors (Lipinski definition) is 0. The first-order chi connectivity index (χ1) is 13.1.